The molecule has 2 N–H and O–H groups in total. The minimum Gasteiger partial charge on any atom is -0.493 e. The van der Waals surface area contributed by atoms with E-state index >= 15 is 0 Å². The van der Waals surface area contributed by atoms with Crippen LogP contribution in [-0.4, -0.2) is 58.3 Å². The summed E-state index contributed by atoms with van der Waals surface area (Å²) >= 11 is 0. The summed E-state index contributed by atoms with van der Waals surface area (Å²) in [6.45, 7) is 6.74. The third kappa shape index (κ3) is 5.72. The van der Waals surface area contributed by atoms with E-state index in [-0.39, 0.29) is 17.9 Å². The largest absolute Gasteiger partial charge is 0.493 e. The van der Waals surface area contributed by atoms with Crippen molar-refractivity contribution in [2.75, 3.05) is 27.3 Å². The van der Waals surface area contributed by atoms with Crippen molar-refractivity contribution in [1.82, 2.24) is 25.1 Å². The Morgan fingerprint density at radius 1 is 1.19 bits per heavy atom. The molecule has 0 radical (unpaired) electrons. The zero-order chi connectivity index (χ0) is 22.4. The summed E-state index contributed by atoms with van der Waals surface area (Å²) in [5.74, 6) is 2.58. The van der Waals surface area contributed by atoms with Gasteiger partial charge >= 0.3 is 0 Å². The Kier molecular flexibility index (Phi) is 7.84. The van der Waals surface area contributed by atoms with Gasteiger partial charge in [0.25, 0.3) is 0 Å². The average Bonchev–Trinajstić information content (AvgIpc) is 3.24. The smallest absolute Gasteiger partial charge is 0.220 e. The van der Waals surface area contributed by atoms with Crippen LogP contribution in [0, 0.1) is 11.8 Å². The first kappa shape index (κ1) is 23.0. The van der Waals surface area contributed by atoms with Crippen molar-refractivity contribution in [1.29, 1.82) is 0 Å². The number of tetrazole rings is 1. The molecule has 1 amide bonds. The van der Waals surface area contributed by atoms with Gasteiger partial charge in [-0.1, -0.05) is 19.9 Å². The monoisotopic (exact) mass is 430 g/mol. The van der Waals surface area contributed by atoms with E-state index in [2.05, 4.69) is 34.3 Å². The van der Waals surface area contributed by atoms with E-state index in [1.54, 1.807) is 14.2 Å². The second-order valence-electron chi connectivity index (χ2n) is 8.56. The van der Waals surface area contributed by atoms with Crippen molar-refractivity contribution >= 4 is 5.91 Å². The van der Waals surface area contributed by atoms with Gasteiger partial charge < -0.3 is 15.2 Å². The number of primary amides is 1. The number of aromatic nitrogens is 4. The van der Waals surface area contributed by atoms with Gasteiger partial charge in [0.2, 0.25) is 5.91 Å². The van der Waals surface area contributed by atoms with E-state index in [1.165, 1.54) is 0 Å². The first-order valence-electron chi connectivity index (χ1n) is 10.9. The Hall–Kier alpha value is -2.68. The van der Waals surface area contributed by atoms with Gasteiger partial charge in [-0.3, -0.25) is 9.69 Å². The number of likely N-dealkylation sites (tertiary alicyclic amines) is 1. The molecule has 1 aliphatic heterocycles. The van der Waals surface area contributed by atoms with Crippen LogP contribution < -0.4 is 15.2 Å². The SMILES string of the molecule is COc1ccc(CCn2nnnc2[C@@H](CC(C)C)N2CCC(C(N)=O)CC2)cc1OC. The number of aryl methyl sites for hydroxylation is 2. The number of piperidine rings is 1. The van der Waals surface area contributed by atoms with Gasteiger partial charge in [0.15, 0.2) is 17.3 Å². The van der Waals surface area contributed by atoms with Gasteiger partial charge in [-0.2, -0.15) is 0 Å². The summed E-state index contributed by atoms with van der Waals surface area (Å²) in [5, 5.41) is 12.6. The Labute approximate surface area is 183 Å². The fourth-order valence-corrected chi connectivity index (χ4v) is 4.24. The normalized spacial score (nSPS) is 16.4. The van der Waals surface area contributed by atoms with Crippen LogP contribution in [0.4, 0.5) is 0 Å². The van der Waals surface area contributed by atoms with Crippen molar-refractivity contribution in [3.63, 3.8) is 0 Å². The van der Waals surface area contributed by atoms with E-state index in [0.717, 1.165) is 50.2 Å². The molecule has 0 saturated carbocycles. The molecular formula is C22H34N6O3. The number of nitrogens with zero attached hydrogens (tertiary/aromatic N) is 5. The Morgan fingerprint density at radius 3 is 2.52 bits per heavy atom. The molecule has 170 valence electrons. The number of benzene rings is 1. The molecule has 2 aromatic rings. The minimum absolute atomic E-state index is 0.0306. The third-order valence-corrected chi connectivity index (χ3v) is 5.99. The molecule has 31 heavy (non-hydrogen) atoms. The lowest BCUT2D eigenvalue weighted by molar-refractivity contribution is -0.123. The number of nitrogens with two attached hydrogens (primary N) is 1. The molecule has 0 aliphatic carbocycles. The Bertz CT molecular complexity index is 861. The van der Waals surface area contributed by atoms with Gasteiger partial charge in [-0.25, -0.2) is 4.68 Å². The van der Waals surface area contributed by atoms with Gasteiger partial charge in [0, 0.05) is 12.5 Å². The van der Waals surface area contributed by atoms with Crippen LogP contribution in [0.15, 0.2) is 18.2 Å². The minimum atomic E-state index is -0.195. The maximum Gasteiger partial charge on any atom is 0.220 e. The maximum atomic E-state index is 11.5. The Balaban J connectivity index is 1.73. The number of hydrogen-bond acceptors (Lipinski definition) is 7. The Morgan fingerprint density at radius 2 is 1.90 bits per heavy atom. The van der Waals surface area contributed by atoms with Crippen molar-refractivity contribution < 1.29 is 14.3 Å². The van der Waals surface area contributed by atoms with Crippen LogP contribution in [0.25, 0.3) is 0 Å². The van der Waals surface area contributed by atoms with Crippen LogP contribution in [0.3, 0.4) is 0 Å². The van der Waals surface area contributed by atoms with Crippen molar-refractivity contribution in [2.45, 2.75) is 52.1 Å². The van der Waals surface area contributed by atoms with E-state index < -0.39 is 0 Å². The van der Waals surface area contributed by atoms with Crippen molar-refractivity contribution in [3.8, 4) is 11.5 Å². The molecule has 1 aromatic carbocycles. The number of hydrogen-bond donors (Lipinski definition) is 1. The summed E-state index contributed by atoms with van der Waals surface area (Å²) in [6, 6.07) is 6.06. The van der Waals surface area contributed by atoms with Gasteiger partial charge in [0.05, 0.1) is 20.3 Å². The predicted molar refractivity (Wildman–Crippen MR) is 117 cm³/mol. The fraction of sp³-hybridized carbons (Fsp3) is 0.636. The molecule has 0 spiro atoms. The number of methoxy groups -OCH3 is 2. The quantitative estimate of drug-likeness (QED) is 0.615. The van der Waals surface area contributed by atoms with E-state index in [1.807, 2.05) is 22.9 Å². The summed E-state index contributed by atoms with van der Waals surface area (Å²) in [6.07, 6.45) is 3.31. The molecule has 1 atom stereocenters. The average molecular weight is 431 g/mol. The van der Waals surface area contributed by atoms with Crippen LogP contribution in [0.5, 0.6) is 11.5 Å². The molecule has 1 aliphatic rings. The second-order valence-corrected chi connectivity index (χ2v) is 8.56. The van der Waals surface area contributed by atoms with Gasteiger partial charge in [-0.15, -0.1) is 5.10 Å². The van der Waals surface area contributed by atoms with Crippen molar-refractivity contribution in [2.24, 2.45) is 17.6 Å². The third-order valence-electron chi connectivity index (χ3n) is 5.99. The molecule has 2 heterocycles. The summed E-state index contributed by atoms with van der Waals surface area (Å²) < 4.78 is 12.6. The lowest BCUT2D eigenvalue weighted by atomic mass is 9.93. The highest BCUT2D eigenvalue weighted by Gasteiger charge is 2.31. The molecule has 1 saturated heterocycles. The molecule has 1 fully saturated rings. The summed E-state index contributed by atoms with van der Waals surface area (Å²) in [7, 11) is 3.27. The number of carbonyl (C=O) groups is 1. The number of amides is 1. The number of carbonyl (C=O) groups excluding carboxylic acids is 1. The van der Waals surface area contributed by atoms with E-state index in [0.29, 0.717) is 24.0 Å². The molecule has 1 aromatic heterocycles. The molecule has 0 unspecified atom stereocenters. The summed E-state index contributed by atoms with van der Waals surface area (Å²) in [5.41, 5.74) is 6.64. The molecule has 3 rings (SSSR count). The lowest BCUT2D eigenvalue weighted by Gasteiger charge is -2.36. The predicted octanol–water partition coefficient (Wildman–Crippen LogP) is 2.22. The molecule has 9 nitrogen and oxygen atoms in total. The number of rotatable bonds is 10. The second kappa shape index (κ2) is 10.6. The lowest BCUT2D eigenvalue weighted by Crippen LogP contribution is -2.41. The highest BCUT2D eigenvalue weighted by Crippen LogP contribution is 2.31. The van der Waals surface area contributed by atoms with Crippen molar-refractivity contribution in [3.05, 3.63) is 29.6 Å². The zero-order valence-electron chi connectivity index (χ0n) is 19.0. The topological polar surface area (TPSA) is 108 Å². The van der Waals surface area contributed by atoms with Gasteiger partial charge in [-0.05, 0) is 72.8 Å². The standard InChI is InChI=1S/C22H34N6O3/c1-15(2)13-18(27-10-8-17(9-11-27)21(23)29)22-24-25-26-28(22)12-7-16-5-6-19(30-3)20(14-16)31-4/h5-6,14-15,17-18H,7-13H2,1-4H3,(H2,23,29)/t18-/m1/s1. The highest BCUT2D eigenvalue weighted by molar-refractivity contribution is 5.76. The first-order valence-corrected chi connectivity index (χ1v) is 10.9. The van der Waals surface area contributed by atoms with Crippen LogP contribution in [0.1, 0.15) is 50.5 Å². The first-order chi connectivity index (χ1) is 14.9. The van der Waals surface area contributed by atoms with E-state index in [4.69, 9.17) is 15.2 Å². The fourth-order valence-electron chi connectivity index (χ4n) is 4.24. The molecular weight excluding hydrogens is 396 g/mol. The highest BCUT2D eigenvalue weighted by atomic mass is 16.5. The zero-order valence-corrected chi connectivity index (χ0v) is 19.0. The number of ether oxygens (including phenoxy) is 2. The molecule has 9 heteroatoms. The van der Waals surface area contributed by atoms with E-state index in [9.17, 15) is 4.79 Å². The molecule has 0 bridgehead atoms. The summed E-state index contributed by atoms with van der Waals surface area (Å²) in [4.78, 5) is 13.9. The van der Waals surface area contributed by atoms with Crippen LogP contribution in [-0.2, 0) is 17.8 Å². The van der Waals surface area contributed by atoms with Gasteiger partial charge in [0.1, 0.15) is 0 Å². The maximum absolute atomic E-state index is 11.5. The van der Waals surface area contributed by atoms with Crippen LogP contribution >= 0.6 is 0 Å². The van der Waals surface area contributed by atoms with Crippen LogP contribution in [0.2, 0.25) is 0 Å².